The summed E-state index contributed by atoms with van der Waals surface area (Å²) in [6, 6.07) is 10.8. The Balaban J connectivity index is 1.72. The molecular weight excluding hydrogens is 412 g/mol. The molecule has 31 heavy (non-hydrogen) atoms. The van der Waals surface area contributed by atoms with Crippen LogP contribution in [0.5, 0.6) is 0 Å². The molecule has 0 aliphatic carbocycles. The molecule has 0 aliphatic rings. The molecule has 2 aromatic carbocycles. The fraction of sp³-hybridized carbons (Fsp3) is 0.0909. The number of nitrogens with zero attached hydrogens (tertiary/aromatic N) is 4. The van der Waals surface area contributed by atoms with Crippen molar-refractivity contribution < 1.29 is 22.4 Å². The number of pyridine rings is 1. The van der Waals surface area contributed by atoms with E-state index in [-0.39, 0.29) is 22.4 Å². The van der Waals surface area contributed by atoms with Crippen LogP contribution >= 0.6 is 0 Å². The number of rotatable bonds is 4. The maximum Gasteiger partial charge on any atom is 0.418 e. The van der Waals surface area contributed by atoms with Crippen LogP contribution in [0.4, 0.5) is 17.6 Å². The summed E-state index contributed by atoms with van der Waals surface area (Å²) >= 11 is 0. The SMILES string of the molecule is Cc1c(C(=O)/C=C/c2ccc(F)cc2)nnn1-c1ccnc2c(C(F)(F)F)cccc12. The van der Waals surface area contributed by atoms with Gasteiger partial charge >= 0.3 is 6.18 Å². The zero-order valence-electron chi connectivity index (χ0n) is 16.1. The second-order valence-corrected chi connectivity index (χ2v) is 6.71. The van der Waals surface area contributed by atoms with Crippen molar-refractivity contribution in [2.24, 2.45) is 0 Å². The number of benzene rings is 2. The summed E-state index contributed by atoms with van der Waals surface area (Å²) in [5.41, 5.74) is 0.283. The summed E-state index contributed by atoms with van der Waals surface area (Å²) in [6.45, 7) is 1.60. The van der Waals surface area contributed by atoms with Gasteiger partial charge in [-0.05, 0) is 42.8 Å². The largest absolute Gasteiger partial charge is 0.418 e. The van der Waals surface area contributed by atoms with E-state index in [2.05, 4.69) is 15.3 Å². The van der Waals surface area contributed by atoms with Crippen molar-refractivity contribution in [1.82, 2.24) is 20.0 Å². The van der Waals surface area contributed by atoms with Crippen LogP contribution in [0.15, 0.2) is 60.8 Å². The van der Waals surface area contributed by atoms with Gasteiger partial charge in [0.2, 0.25) is 5.78 Å². The van der Waals surface area contributed by atoms with Crippen LogP contribution in [0.3, 0.4) is 0 Å². The number of para-hydroxylation sites is 1. The molecule has 0 N–H and O–H groups in total. The monoisotopic (exact) mass is 426 g/mol. The van der Waals surface area contributed by atoms with Gasteiger partial charge in [0, 0.05) is 11.6 Å². The molecule has 0 aliphatic heterocycles. The third-order valence-corrected chi connectivity index (χ3v) is 4.71. The molecule has 0 saturated heterocycles. The number of carbonyl (C=O) groups excluding carboxylic acids is 1. The molecule has 0 spiro atoms. The van der Waals surface area contributed by atoms with E-state index < -0.39 is 17.5 Å². The van der Waals surface area contributed by atoms with Crippen molar-refractivity contribution in [1.29, 1.82) is 0 Å². The molecule has 4 aromatic rings. The zero-order chi connectivity index (χ0) is 22.2. The second kappa shape index (κ2) is 7.75. The van der Waals surface area contributed by atoms with Gasteiger partial charge in [-0.25, -0.2) is 9.07 Å². The van der Waals surface area contributed by atoms with E-state index in [0.717, 1.165) is 6.07 Å². The molecule has 0 amide bonds. The Morgan fingerprint density at radius 2 is 1.81 bits per heavy atom. The Bertz CT molecular complexity index is 1310. The minimum absolute atomic E-state index is 0.0512. The minimum atomic E-state index is -4.56. The summed E-state index contributed by atoms with van der Waals surface area (Å²) in [4.78, 5) is 16.4. The van der Waals surface area contributed by atoms with Crippen LogP contribution in [0, 0.1) is 12.7 Å². The number of fused-ring (bicyclic) bond motifs is 1. The van der Waals surface area contributed by atoms with Crippen LogP contribution in [-0.2, 0) is 6.18 Å². The minimum Gasteiger partial charge on any atom is -0.287 e. The topological polar surface area (TPSA) is 60.7 Å². The summed E-state index contributed by atoms with van der Waals surface area (Å²) < 4.78 is 54.3. The number of ketones is 1. The van der Waals surface area contributed by atoms with Gasteiger partial charge in [-0.15, -0.1) is 5.10 Å². The van der Waals surface area contributed by atoms with Crippen LogP contribution in [0.1, 0.15) is 27.3 Å². The lowest BCUT2D eigenvalue weighted by Crippen LogP contribution is -2.08. The van der Waals surface area contributed by atoms with Crippen molar-refractivity contribution in [3.8, 4) is 5.69 Å². The Morgan fingerprint density at radius 3 is 2.52 bits per heavy atom. The first-order valence-corrected chi connectivity index (χ1v) is 9.11. The molecule has 2 heterocycles. The highest BCUT2D eigenvalue weighted by atomic mass is 19.4. The third kappa shape index (κ3) is 3.94. The van der Waals surface area contributed by atoms with Crippen molar-refractivity contribution in [3.05, 3.63) is 89.1 Å². The van der Waals surface area contributed by atoms with E-state index in [4.69, 9.17) is 0 Å². The number of alkyl halides is 3. The Morgan fingerprint density at radius 1 is 1.06 bits per heavy atom. The van der Waals surface area contributed by atoms with E-state index in [1.807, 2.05) is 0 Å². The van der Waals surface area contributed by atoms with E-state index in [0.29, 0.717) is 16.9 Å². The Kier molecular flexibility index (Phi) is 5.10. The molecule has 0 fully saturated rings. The van der Waals surface area contributed by atoms with Gasteiger partial charge in [0.15, 0.2) is 5.69 Å². The standard InChI is InChI=1S/C22H14F4N4O/c1-13-20(19(31)10-7-14-5-8-15(23)9-6-14)28-29-30(13)18-11-12-27-21-16(18)3-2-4-17(21)22(24,25)26/h2-12H,1H3/b10-7+. The normalized spacial score (nSPS) is 12.0. The molecule has 9 heteroatoms. The molecule has 0 saturated carbocycles. The van der Waals surface area contributed by atoms with Gasteiger partial charge in [0.05, 0.1) is 22.5 Å². The van der Waals surface area contributed by atoms with E-state index in [9.17, 15) is 22.4 Å². The quantitative estimate of drug-likeness (QED) is 0.256. The molecule has 0 bridgehead atoms. The Hall–Kier alpha value is -3.88. The Labute approximate surface area is 173 Å². The lowest BCUT2D eigenvalue weighted by atomic mass is 10.1. The number of carbonyl (C=O) groups is 1. The average Bonchev–Trinajstić information content (AvgIpc) is 3.12. The van der Waals surface area contributed by atoms with Crippen LogP contribution in [0.2, 0.25) is 0 Å². The molecule has 2 aromatic heterocycles. The second-order valence-electron chi connectivity index (χ2n) is 6.71. The average molecular weight is 426 g/mol. The summed E-state index contributed by atoms with van der Waals surface area (Å²) in [5.74, 6) is -0.831. The van der Waals surface area contributed by atoms with Gasteiger partial charge in [-0.3, -0.25) is 9.78 Å². The van der Waals surface area contributed by atoms with Crippen molar-refractivity contribution >= 4 is 22.8 Å². The molecule has 4 rings (SSSR count). The number of halogens is 4. The number of aromatic nitrogens is 4. The molecule has 0 radical (unpaired) electrons. The van der Waals surface area contributed by atoms with Gasteiger partial charge < -0.3 is 0 Å². The van der Waals surface area contributed by atoms with Gasteiger partial charge in [0.1, 0.15) is 5.82 Å². The van der Waals surface area contributed by atoms with Crippen LogP contribution in [0.25, 0.3) is 22.7 Å². The van der Waals surface area contributed by atoms with Gasteiger partial charge in [0.25, 0.3) is 0 Å². The van der Waals surface area contributed by atoms with Gasteiger partial charge in [-0.2, -0.15) is 13.2 Å². The summed E-state index contributed by atoms with van der Waals surface area (Å²) in [7, 11) is 0. The summed E-state index contributed by atoms with van der Waals surface area (Å²) in [6.07, 6.45) is -0.516. The fourth-order valence-corrected chi connectivity index (χ4v) is 3.19. The number of hydrogen-bond acceptors (Lipinski definition) is 4. The predicted octanol–water partition coefficient (Wildman–Crippen LogP) is 5.18. The highest BCUT2D eigenvalue weighted by Crippen LogP contribution is 2.35. The highest BCUT2D eigenvalue weighted by molar-refractivity contribution is 6.06. The molecule has 0 atom stereocenters. The maximum atomic E-state index is 13.3. The maximum absolute atomic E-state index is 13.3. The molecule has 0 unspecified atom stereocenters. The first-order valence-electron chi connectivity index (χ1n) is 9.11. The van der Waals surface area contributed by atoms with Crippen LogP contribution in [-0.4, -0.2) is 25.8 Å². The van der Waals surface area contributed by atoms with Crippen molar-refractivity contribution in [2.45, 2.75) is 13.1 Å². The number of hydrogen-bond donors (Lipinski definition) is 0. The number of allylic oxidation sites excluding steroid dienone is 1. The highest BCUT2D eigenvalue weighted by Gasteiger charge is 2.33. The molecular formula is C22H14F4N4O. The van der Waals surface area contributed by atoms with Gasteiger partial charge in [-0.1, -0.05) is 35.6 Å². The smallest absolute Gasteiger partial charge is 0.287 e. The predicted molar refractivity (Wildman–Crippen MR) is 106 cm³/mol. The van der Waals surface area contributed by atoms with E-state index >= 15 is 0 Å². The van der Waals surface area contributed by atoms with E-state index in [1.54, 1.807) is 6.92 Å². The first kappa shape index (κ1) is 20.4. The van der Waals surface area contributed by atoms with Crippen molar-refractivity contribution in [2.75, 3.05) is 0 Å². The van der Waals surface area contributed by atoms with E-state index in [1.165, 1.54) is 65.5 Å². The summed E-state index contributed by atoms with van der Waals surface area (Å²) in [5, 5.41) is 8.10. The zero-order valence-corrected chi connectivity index (χ0v) is 16.1. The third-order valence-electron chi connectivity index (χ3n) is 4.71. The van der Waals surface area contributed by atoms with Crippen LogP contribution < -0.4 is 0 Å². The fourth-order valence-electron chi connectivity index (χ4n) is 3.19. The molecule has 156 valence electrons. The first-order chi connectivity index (χ1) is 14.8. The molecule has 5 nitrogen and oxygen atoms in total. The lowest BCUT2D eigenvalue weighted by molar-refractivity contribution is -0.136. The lowest BCUT2D eigenvalue weighted by Gasteiger charge is -2.12. The van der Waals surface area contributed by atoms with Crippen molar-refractivity contribution in [3.63, 3.8) is 0 Å².